The topological polar surface area (TPSA) is 38.5 Å². The molecule has 1 aliphatic heterocycles. The van der Waals surface area contributed by atoms with Crippen LogP contribution >= 0.6 is 11.3 Å². The number of ether oxygens (including phenoxy) is 1. The molecule has 0 aromatic carbocycles. The lowest BCUT2D eigenvalue weighted by molar-refractivity contribution is 0.0705. The third kappa shape index (κ3) is 3.32. The molecule has 1 fully saturated rings. The van der Waals surface area contributed by atoms with Gasteiger partial charge in [-0.05, 0) is 44.4 Å². The zero-order chi connectivity index (χ0) is 13.0. The highest BCUT2D eigenvalue weighted by molar-refractivity contribution is 7.12. The summed E-state index contributed by atoms with van der Waals surface area (Å²) in [6.07, 6.45) is 2.54. The monoisotopic (exact) mass is 268 g/mol. The highest BCUT2D eigenvalue weighted by atomic mass is 32.1. The molecule has 0 radical (unpaired) electrons. The first-order chi connectivity index (χ1) is 8.74. The molecule has 2 N–H and O–H groups in total. The van der Waals surface area contributed by atoms with Crippen LogP contribution in [0.4, 0.5) is 0 Å². The summed E-state index contributed by atoms with van der Waals surface area (Å²) < 4.78 is 5.30. The van der Waals surface area contributed by atoms with Gasteiger partial charge < -0.3 is 10.5 Å². The van der Waals surface area contributed by atoms with Gasteiger partial charge in [0.05, 0.1) is 12.6 Å². The average molecular weight is 268 g/mol. The highest BCUT2D eigenvalue weighted by Gasteiger charge is 2.26. The Labute approximate surface area is 114 Å². The number of aryl methyl sites for hydroxylation is 1. The summed E-state index contributed by atoms with van der Waals surface area (Å²) in [5.41, 5.74) is 6.00. The fourth-order valence-electron chi connectivity index (χ4n) is 2.83. The van der Waals surface area contributed by atoms with Gasteiger partial charge in [0.2, 0.25) is 0 Å². The van der Waals surface area contributed by atoms with E-state index >= 15 is 0 Å². The van der Waals surface area contributed by atoms with Gasteiger partial charge in [-0.2, -0.15) is 0 Å². The standard InChI is InChI=1S/C14H24N2OS/c1-11-5-6-14(18-11)13(8-15)16-7-3-4-12(9-16)10-17-2/h5-6,12-13H,3-4,7-10,15H2,1-2H3. The van der Waals surface area contributed by atoms with E-state index in [1.54, 1.807) is 7.11 Å². The molecule has 0 saturated carbocycles. The summed E-state index contributed by atoms with van der Waals surface area (Å²) in [6.45, 7) is 6.02. The van der Waals surface area contributed by atoms with Crippen molar-refractivity contribution in [3.8, 4) is 0 Å². The van der Waals surface area contributed by atoms with Gasteiger partial charge in [-0.15, -0.1) is 11.3 Å². The largest absolute Gasteiger partial charge is 0.384 e. The Kier molecular flexibility index (Phi) is 5.18. The smallest absolute Gasteiger partial charge is 0.0564 e. The molecule has 1 aromatic rings. The molecule has 2 rings (SSSR count). The predicted octanol–water partition coefficient (Wildman–Crippen LogP) is 2.41. The average Bonchev–Trinajstić information content (AvgIpc) is 2.78. The van der Waals surface area contributed by atoms with E-state index in [-0.39, 0.29) is 0 Å². The number of nitrogens with two attached hydrogens (primary N) is 1. The summed E-state index contributed by atoms with van der Waals surface area (Å²) >= 11 is 1.88. The zero-order valence-electron chi connectivity index (χ0n) is 11.4. The van der Waals surface area contributed by atoms with E-state index < -0.39 is 0 Å². The van der Waals surface area contributed by atoms with Crippen molar-refractivity contribution in [2.45, 2.75) is 25.8 Å². The Morgan fingerprint density at radius 3 is 3.00 bits per heavy atom. The molecule has 0 bridgehead atoms. The molecular formula is C14H24N2OS. The van der Waals surface area contributed by atoms with Crippen LogP contribution in [-0.2, 0) is 4.74 Å². The minimum absolute atomic E-state index is 0.392. The number of piperidine rings is 1. The second-order valence-electron chi connectivity index (χ2n) is 5.16. The van der Waals surface area contributed by atoms with Gasteiger partial charge >= 0.3 is 0 Å². The van der Waals surface area contributed by atoms with Crippen molar-refractivity contribution >= 4 is 11.3 Å². The van der Waals surface area contributed by atoms with Crippen LogP contribution in [0.3, 0.4) is 0 Å². The molecule has 2 atom stereocenters. The zero-order valence-corrected chi connectivity index (χ0v) is 12.2. The second kappa shape index (κ2) is 6.66. The lowest BCUT2D eigenvalue weighted by Crippen LogP contribution is -2.41. The molecule has 3 nitrogen and oxygen atoms in total. The number of hydrogen-bond donors (Lipinski definition) is 1. The van der Waals surface area contributed by atoms with Crippen molar-refractivity contribution in [3.05, 3.63) is 21.9 Å². The Morgan fingerprint density at radius 1 is 1.56 bits per heavy atom. The molecular weight excluding hydrogens is 244 g/mol. The molecule has 2 unspecified atom stereocenters. The number of methoxy groups -OCH3 is 1. The predicted molar refractivity (Wildman–Crippen MR) is 77.0 cm³/mol. The lowest BCUT2D eigenvalue weighted by atomic mass is 9.97. The van der Waals surface area contributed by atoms with Crippen LogP contribution in [0.25, 0.3) is 0 Å². The van der Waals surface area contributed by atoms with Gasteiger partial charge in [-0.25, -0.2) is 0 Å². The van der Waals surface area contributed by atoms with Crippen LogP contribution < -0.4 is 5.73 Å². The van der Waals surface area contributed by atoms with Gasteiger partial charge in [0.1, 0.15) is 0 Å². The number of likely N-dealkylation sites (tertiary alicyclic amines) is 1. The summed E-state index contributed by atoms with van der Waals surface area (Å²) in [5, 5.41) is 0. The van der Waals surface area contributed by atoms with E-state index in [1.807, 2.05) is 11.3 Å². The lowest BCUT2D eigenvalue weighted by Gasteiger charge is -2.37. The fraction of sp³-hybridized carbons (Fsp3) is 0.714. The first-order valence-corrected chi connectivity index (χ1v) is 7.55. The molecule has 0 amide bonds. The molecule has 1 aliphatic rings. The molecule has 2 heterocycles. The first-order valence-electron chi connectivity index (χ1n) is 6.74. The normalized spacial score (nSPS) is 23.2. The van der Waals surface area contributed by atoms with Crippen molar-refractivity contribution < 1.29 is 4.74 Å². The van der Waals surface area contributed by atoms with Crippen molar-refractivity contribution in [1.29, 1.82) is 0 Å². The minimum Gasteiger partial charge on any atom is -0.384 e. The van der Waals surface area contributed by atoms with Crippen LogP contribution in [0.15, 0.2) is 12.1 Å². The maximum absolute atomic E-state index is 6.00. The quantitative estimate of drug-likeness (QED) is 0.891. The van der Waals surface area contributed by atoms with Crippen molar-refractivity contribution in [3.63, 3.8) is 0 Å². The Morgan fingerprint density at radius 2 is 2.39 bits per heavy atom. The summed E-state index contributed by atoms with van der Waals surface area (Å²) in [4.78, 5) is 5.32. The molecule has 0 aliphatic carbocycles. The molecule has 102 valence electrons. The van der Waals surface area contributed by atoms with Crippen LogP contribution in [-0.4, -0.2) is 38.3 Å². The van der Waals surface area contributed by atoms with E-state index in [4.69, 9.17) is 10.5 Å². The van der Waals surface area contributed by atoms with Gasteiger partial charge in [0.15, 0.2) is 0 Å². The van der Waals surface area contributed by atoms with Crippen LogP contribution in [0.5, 0.6) is 0 Å². The van der Waals surface area contributed by atoms with Crippen molar-refractivity contribution in [2.24, 2.45) is 11.7 Å². The van der Waals surface area contributed by atoms with Gasteiger partial charge in [-0.3, -0.25) is 4.90 Å². The third-order valence-electron chi connectivity index (χ3n) is 3.71. The maximum atomic E-state index is 6.00. The van der Waals surface area contributed by atoms with Gasteiger partial charge in [0.25, 0.3) is 0 Å². The summed E-state index contributed by atoms with van der Waals surface area (Å²) in [6, 6.07) is 4.82. The Bertz CT molecular complexity index is 364. The molecule has 4 heteroatoms. The minimum atomic E-state index is 0.392. The van der Waals surface area contributed by atoms with E-state index in [0.29, 0.717) is 18.5 Å². The Hall–Kier alpha value is -0.420. The van der Waals surface area contributed by atoms with E-state index in [9.17, 15) is 0 Å². The molecule has 0 spiro atoms. The van der Waals surface area contributed by atoms with Crippen LogP contribution in [0, 0.1) is 12.8 Å². The van der Waals surface area contributed by atoms with Gasteiger partial charge in [-0.1, -0.05) is 0 Å². The number of thiophene rings is 1. The van der Waals surface area contributed by atoms with E-state index in [0.717, 1.165) is 13.2 Å². The first kappa shape index (κ1) is 14.0. The maximum Gasteiger partial charge on any atom is 0.0564 e. The highest BCUT2D eigenvalue weighted by Crippen LogP contribution is 2.30. The molecule has 18 heavy (non-hydrogen) atoms. The fourth-order valence-corrected chi connectivity index (χ4v) is 3.86. The van der Waals surface area contributed by atoms with E-state index in [1.165, 1.54) is 29.1 Å². The van der Waals surface area contributed by atoms with Crippen molar-refractivity contribution in [1.82, 2.24) is 4.90 Å². The van der Waals surface area contributed by atoms with Crippen molar-refractivity contribution in [2.75, 3.05) is 33.4 Å². The SMILES string of the molecule is COCC1CCCN(C(CN)c2ccc(C)s2)C1. The number of rotatable bonds is 5. The number of nitrogens with zero attached hydrogens (tertiary/aromatic N) is 1. The van der Waals surface area contributed by atoms with Gasteiger partial charge in [0, 0.05) is 30.0 Å². The van der Waals surface area contributed by atoms with Crippen LogP contribution in [0.1, 0.15) is 28.6 Å². The second-order valence-corrected chi connectivity index (χ2v) is 6.48. The summed E-state index contributed by atoms with van der Waals surface area (Å²) in [7, 11) is 1.79. The van der Waals surface area contributed by atoms with E-state index in [2.05, 4.69) is 24.0 Å². The third-order valence-corrected chi connectivity index (χ3v) is 4.81. The molecule has 1 aromatic heterocycles. The number of hydrogen-bond acceptors (Lipinski definition) is 4. The Balaban J connectivity index is 2.03. The molecule has 1 saturated heterocycles. The summed E-state index contributed by atoms with van der Waals surface area (Å²) in [5.74, 6) is 0.666. The van der Waals surface area contributed by atoms with Crippen LogP contribution in [0.2, 0.25) is 0 Å².